The number of tetrazole rings is 1. The van der Waals surface area contributed by atoms with Crippen LogP contribution in [-0.4, -0.2) is 42.8 Å². The normalized spacial score (nSPS) is 16.6. The van der Waals surface area contributed by atoms with Gasteiger partial charge in [-0.2, -0.15) is 0 Å². The average molecular weight is 505 g/mol. The van der Waals surface area contributed by atoms with Gasteiger partial charge in [0.15, 0.2) is 5.82 Å². The predicted molar refractivity (Wildman–Crippen MR) is 139 cm³/mol. The lowest BCUT2D eigenvalue weighted by atomic mass is 10.0. The molecule has 0 saturated carbocycles. The molecule has 2 aromatic heterocycles. The van der Waals surface area contributed by atoms with Gasteiger partial charge >= 0.3 is 0 Å². The third-order valence-electron chi connectivity index (χ3n) is 7.01. The Labute approximate surface area is 215 Å². The van der Waals surface area contributed by atoms with Gasteiger partial charge < -0.3 is 9.72 Å². The predicted octanol–water partition coefficient (Wildman–Crippen LogP) is 4.68. The Bertz CT molecular complexity index is 1390. The van der Waals surface area contributed by atoms with Gasteiger partial charge in [-0.05, 0) is 77.4 Å². The van der Waals surface area contributed by atoms with Gasteiger partial charge in [-0.15, -0.1) is 5.10 Å². The number of nitrogens with zero attached hydrogens (tertiary/aromatic N) is 5. The van der Waals surface area contributed by atoms with Crippen molar-refractivity contribution in [3.8, 4) is 0 Å². The zero-order valence-corrected chi connectivity index (χ0v) is 21.4. The minimum atomic E-state index is -0.276. The SMILES string of the molecule is CCC[C@@H](c1nnnn1C[C@H]1CCCO1)N(Cc1ccc(F)cc1)Cc1cc2ccc(C)cc2[nH]c1=O. The van der Waals surface area contributed by atoms with Gasteiger partial charge in [0.25, 0.3) is 5.56 Å². The van der Waals surface area contributed by atoms with Gasteiger partial charge in [0, 0.05) is 30.8 Å². The van der Waals surface area contributed by atoms with E-state index in [2.05, 4.69) is 32.3 Å². The van der Waals surface area contributed by atoms with Crippen LogP contribution in [0.4, 0.5) is 4.39 Å². The molecule has 0 unspecified atom stereocenters. The molecule has 9 heteroatoms. The number of aromatic nitrogens is 5. The average Bonchev–Trinajstić information content (AvgIpc) is 3.57. The van der Waals surface area contributed by atoms with E-state index in [1.807, 2.05) is 35.9 Å². The van der Waals surface area contributed by atoms with Gasteiger partial charge in [-0.25, -0.2) is 9.07 Å². The first-order valence-electron chi connectivity index (χ1n) is 13.0. The Hall–Kier alpha value is -3.43. The summed E-state index contributed by atoms with van der Waals surface area (Å²) >= 11 is 0. The number of hydrogen-bond acceptors (Lipinski definition) is 6. The number of nitrogens with one attached hydrogen (secondary N) is 1. The van der Waals surface area contributed by atoms with Crippen molar-refractivity contribution in [1.82, 2.24) is 30.1 Å². The Morgan fingerprint density at radius 2 is 2.03 bits per heavy atom. The van der Waals surface area contributed by atoms with Crippen LogP contribution >= 0.6 is 0 Å². The third-order valence-corrected chi connectivity index (χ3v) is 7.01. The summed E-state index contributed by atoms with van der Waals surface area (Å²) < 4.78 is 21.3. The number of aryl methyl sites for hydroxylation is 1. The lowest BCUT2D eigenvalue weighted by Crippen LogP contribution is -2.33. The molecule has 0 radical (unpaired) electrons. The maximum Gasteiger partial charge on any atom is 0.252 e. The molecular weight excluding hydrogens is 471 g/mol. The van der Waals surface area contributed by atoms with Crippen molar-refractivity contribution in [2.45, 2.75) is 71.3 Å². The number of hydrogen-bond donors (Lipinski definition) is 1. The number of fused-ring (bicyclic) bond motifs is 1. The number of rotatable bonds is 10. The minimum Gasteiger partial charge on any atom is -0.376 e. The molecule has 0 aliphatic carbocycles. The molecule has 0 amide bonds. The molecule has 194 valence electrons. The highest BCUT2D eigenvalue weighted by Crippen LogP contribution is 2.29. The van der Waals surface area contributed by atoms with Crippen LogP contribution in [0.25, 0.3) is 10.9 Å². The first kappa shape index (κ1) is 25.2. The van der Waals surface area contributed by atoms with Gasteiger partial charge in [0.2, 0.25) is 0 Å². The highest BCUT2D eigenvalue weighted by Gasteiger charge is 2.28. The smallest absolute Gasteiger partial charge is 0.252 e. The van der Waals surface area contributed by atoms with Gasteiger partial charge in [-0.3, -0.25) is 9.69 Å². The minimum absolute atomic E-state index is 0.0989. The fourth-order valence-electron chi connectivity index (χ4n) is 5.11. The second kappa shape index (κ2) is 11.3. The molecule has 3 heterocycles. The van der Waals surface area contributed by atoms with Crippen molar-refractivity contribution >= 4 is 10.9 Å². The topological polar surface area (TPSA) is 88.9 Å². The van der Waals surface area contributed by atoms with E-state index in [9.17, 15) is 9.18 Å². The lowest BCUT2D eigenvalue weighted by Gasteiger charge is -2.31. The standard InChI is InChI=1S/C28H33FN6O2/c1-3-5-26(27-31-32-33-35(27)18-24-6-4-13-37-24)34(16-20-8-11-23(29)12-9-20)17-22-15-21-10-7-19(2)14-25(21)30-28(22)36/h7-12,14-15,24,26H,3-6,13,16-18H2,1-2H3,(H,30,36)/t24-,26+/m1/s1. The summed E-state index contributed by atoms with van der Waals surface area (Å²) in [5.74, 6) is 0.481. The largest absolute Gasteiger partial charge is 0.376 e. The molecule has 8 nitrogen and oxygen atoms in total. The van der Waals surface area contributed by atoms with Crippen LogP contribution in [0.2, 0.25) is 0 Å². The number of H-pyrrole nitrogens is 1. The Morgan fingerprint density at radius 1 is 1.19 bits per heavy atom. The Morgan fingerprint density at radius 3 is 2.78 bits per heavy atom. The summed E-state index contributed by atoms with van der Waals surface area (Å²) in [4.78, 5) is 18.4. The van der Waals surface area contributed by atoms with E-state index in [1.54, 1.807) is 12.1 Å². The molecule has 2 aromatic carbocycles. The van der Waals surface area contributed by atoms with Crippen molar-refractivity contribution < 1.29 is 9.13 Å². The van der Waals surface area contributed by atoms with Crippen LogP contribution in [0, 0.1) is 12.7 Å². The highest BCUT2D eigenvalue weighted by molar-refractivity contribution is 5.79. The van der Waals surface area contributed by atoms with Crippen LogP contribution in [0.3, 0.4) is 0 Å². The van der Waals surface area contributed by atoms with Crippen LogP contribution in [-0.2, 0) is 24.4 Å². The molecule has 37 heavy (non-hydrogen) atoms. The zero-order chi connectivity index (χ0) is 25.8. The molecule has 1 N–H and O–H groups in total. The third kappa shape index (κ3) is 5.94. The van der Waals surface area contributed by atoms with Gasteiger partial charge in [0.05, 0.1) is 18.7 Å². The first-order chi connectivity index (χ1) is 18.0. The number of pyridine rings is 1. The van der Waals surface area contributed by atoms with E-state index in [4.69, 9.17) is 4.74 Å². The number of aromatic amines is 1. The van der Waals surface area contributed by atoms with E-state index in [0.717, 1.165) is 60.1 Å². The molecule has 1 saturated heterocycles. The second-order valence-electron chi connectivity index (χ2n) is 9.90. The van der Waals surface area contributed by atoms with Crippen LogP contribution in [0.5, 0.6) is 0 Å². The lowest BCUT2D eigenvalue weighted by molar-refractivity contribution is 0.0885. The number of benzene rings is 2. The van der Waals surface area contributed by atoms with Crippen molar-refractivity contribution in [2.24, 2.45) is 0 Å². The maximum absolute atomic E-state index is 13.6. The molecule has 5 rings (SSSR count). The van der Waals surface area contributed by atoms with E-state index in [0.29, 0.717) is 25.2 Å². The summed E-state index contributed by atoms with van der Waals surface area (Å²) in [7, 11) is 0. The first-order valence-corrected chi connectivity index (χ1v) is 13.0. The molecule has 1 aliphatic rings. The van der Waals surface area contributed by atoms with E-state index >= 15 is 0 Å². The summed E-state index contributed by atoms with van der Waals surface area (Å²) in [6.45, 7) is 6.41. The maximum atomic E-state index is 13.6. The Kier molecular flexibility index (Phi) is 7.71. The molecule has 2 atom stereocenters. The zero-order valence-electron chi connectivity index (χ0n) is 21.4. The van der Waals surface area contributed by atoms with Gasteiger partial charge in [0.1, 0.15) is 5.82 Å². The molecule has 1 fully saturated rings. The van der Waals surface area contributed by atoms with Crippen molar-refractivity contribution in [2.75, 3.05) is 6.61 Å². The summed E-state index contributed by atoms with van der Waals surface area (Å²) in [6.07, 6.45) is 3.84. The molecule has 0 bridgehead atoms. The molecule has 0 spiro atoms. The Balaban J connectivity index is 1.51. The monoisotopic (exact) mass is 504 g/mol. The number of halogens is 1. The highest BCUT2D eigenvalue weighted by atomic mass is 19.1. The quantitative estimate of drug-likeness (QED) is 0.337. The molecular formula is C28H33FN6O2. The van der Waals surface area contributed by atoms with Crippen LogP contribution in [0.1, 0.15) is 61.2 Å². The van der Waals surface area contributed by atoms with Crippen LogP contribution < -0.4 is 5.56 Å². The fourth-order valence-corrected chi connectivity index (χ4v) is 5.11. The summed E-state index contributed by atoms with van der Waals surface area (Å²) in [5, 5.41) is 13.7. The molecule has 4 aromatic rings. The van der Waals surface area contributed by atoms with Gasteiger partial charge in [-0.1, -0.05) is 37.6 Å². The van der Waals surface area contributed by atoms with E-state index in [-0.39, 0.29) is 23.5 Å². The summed E-state index contributed by atoms with van der Waals surface area (Å²) in [6, 6.07) is 14.4. The van der Waals surface area contributed by atoms with Crippen molar-refractivity contribution in [1.29, 1.82) is 0 Å². The number of ether oxygens (including phenoxy) is 1. The fraction of sp³-hybridized carbons (Fsp3) is 0.429. The van der Waals surface area contributed by atoms with Crippen LogP contribution in [0.15, 0.2) is 53.3 Å². The van der Waals surface area contributed by atoms with Crippen molar-refractivity contribution in [3.05, 3.63) is 87.2 Å². The molecule has 1 aliphatic heterocycles. The second-order valence-corrected chi connectivity index (χ2v) is 9.90. The van der Waals surface area contributed by atoms with E-state index in [1.165, 1.54) is 12.1 Å². The van der Waals surface area contributed by atoms with Crippen molar-refractivity contribution in [3.63, 3.8) is 0 Å². The van der Waals surface area contributed by atoms with E-state index < -0.39 is 0 Å². The summed E-state index contributed by atoms with van der Waals surface area (Å²) in [5.41, 5.74) is 3.42.